The third-order valence-electron chi connectivity index (χ3n) is 4.12. The summed E-state index contributed by atoms with van der Waals surface area (Å²) in [5.41, 5.74) is 0.306. The van der Waals surface area contributed by atoms with Gasteiger partial charge in [0.05, 0.1) is 11.7 Å². The summed E-state index contributed by atoms with van der Waals surface area (Å²) < 4.78 is 6.33. The first kappa shape index (κ1) is 12.4. The van der Waals surface area contributed by atoms with Gasteiger partial charge in [-0.2, -0.15) is 0 Å². The summed E-state index contributed by atoms with van der Waals surface area (Å²) in [5.74, 6) is 0. The Kier molecular flexibility index (Phi) is 4.26. The van der Waals surface area contributed by atoms with Crippen LogP contribution in [0.5, 0.6) is 0 Å². The molecule has 2 fully saturated rings. The number of ether oxygens (including phenoxy) is 1. The van der Waals surface area contributed by atoms with Gasteiger partial charge in [-0.05, 0) is 38.6 Å². The van der Waals surface area contributed by atoms with Crippen molar-refractivity contribution in [2.75, 3.05) is 6.54 Å². The van der Waals surface area contributed by atoms with Gasteiger partial charge >= 0.3 is 0 Å². The predicted octanol–water partition coefficient (Wildman–Crippen LogP) is 3.26. The van der Waals surface area contributed by atoms with E-state index in [0.29, 0.717) is 17.7 Å². The molecule has 1 atom stereocenters. The van der Waals surface area contributed by atoms with Crippen molar-refractivity contribution in [2.45, 2.75) is 83.0 Å². The molecule has 1 aliphatic carbocycles. The van der Waals surface area contributed by atoms with Crippen LogP contribution in [0.4, 0.5) is 0 Å². The quantitative estimate of drug-likeness (QED) is 0.793. The van der Waals surface area contributed by atoms with E-state index in [1.165, 1.54) is 51.4 Å². The van der Waals surface area contributed by atoms with Crippen LogP contribution in [-0.2, 0) is 4.74 Å². The van der Waals surface area contributed by atoms with Crippen molar-refractivity contribution in [1.82, 2.24) is 5.32 Å². The molecule has 0 aromatic rings. The first-order valence-electron chi connectivity index (χ1n) is 7.11. The van der Waals surface area contributed by atoms with Gasteiger partial charge in [0.2, 0.25) is 0 Å². The van der Waals surface area contributed by atoms with E-state index < -0.39 is 0 Å². The molecule has 2 nitrogen and oxygen atoms in total. The van der Waals surface area contributed by atoms with Crippen LogP contribution in [0.3, 0.4) is 0 Å². The van der Waals surface area contributed by atoms with Crippen LogP contribution in [0.2, 0.25) is 0 Å². The van der Waals surface area contributed by atoms with Crippen molar-refractivity contribution < 1.29 is 4.74 Å². The van der Waals surface area contributed by atoms with Crippen molar-refractivity contribution in [2.24, 2.45) is 0 Å². The SMILES string of the molecule is CC(C)NCCC1CCC2(CCCCC2)O1. The summed E-state index contributed by atoms with van der Waals surface area (Å²) in [4.78, 5) is 0. The molecule has 1 heterocycles. The largest absolute Gasteiger partial charge is 0.372 e. The third-order valence-corrected chi connectivity index (χ3v) is 4.12. The van der Waals surface area contributed by atoms with Gasteiger partial charge in [0, 0.05) is 6.04 Å². The lowest BCUT2D eigenvalue weighted by molar-refractivity contribution is -0.0653. The molecule has 1 saturated heterocycles. The molecular weight excluding hydrogens is 198 g/mol. The summed E-state index contributed by atoms with van der Waals surface area (Å²) >= 11 is 0. The van der Waals surface area contributed by atoms with E-state index >= 15 is 0 Å². The molecule has 0 radical (unpaired) electrons. The first-order valence-corrected chi connectivity index (χ1v) is 7.11. The molecular formula is C14H27NO. The second kappa shape index (κ2) is 5.50. The second-order valence-electron chi connectivity index (χ2n) is 5.92. The van der Waals surface area contributed by atoms with Gasteiger partial charge < -0.3 is 10.1 Å². The average Bonchev–Trinajstić information content (AvgIpc) is 2.62. The maximum atomic E-state index is 6.33. The van der Waals surface area contributed by atoms with Crippen LogP contribution in [0.25, 0.3) is 0 Å². The van der Waals surface area contributed by atoms with Crippen LogP contribution in [0.15, 0.2) is 0 Å². The molecule has 2 heteroatoms. The second-order valence-corrected chi connectivity index (χ2v) is 5.92. The molecule has 0 bridgehead atoms. The van der Waals surface area contributed by atoms with Crippen molar-refractivity contribution >= 4 is 0 Å². The van der Waals surface area contributed by atoms with E-state index in [9.17, 15) is 0 Å². The van der Waals surface area contributed by atoms with Gasteiger partial charge in [0.25, 0.3) is 0 Å². The fourth-order valence-corrected chi connectivity index (χ4v) is 3.20. The van der Waals surface area contributed by atoms with Crippen LogP contribution in [0.1, 0.15) is 65.2 Å². The van der Waals surface area contributed by atoms with E-state index in [1.807, 2.05) is 0 Å². The van der Waals surface area contributed by atoms with Gasteiger partial charge in [-0.1, -0.05) is 33.1 Å². The monoisotopic (exact) mass is 225 g/mol. The summed E-state index contributed by atoms with van der Waals surface area (Å²) in [6.07, 6.45) is 11.2. The molecule has 1 aliphatic heterocycles. The first-order chi connectivity index (χ1) is 7.70. The number of hydrogen-bond donors (Lipinski definition) is 1. The van der Waals surface area contributed by atoms with Crippen molar-refractivity contribution in [3.63, 3.8) is 0 Å². The molecule has 1 spiro atoms. The molecule has 0 aromatic heterocycles. The summed E-state index contributed by atoms with van der Waals surface area (Å²) in [5, 5.41) is 3.48. The minimum absolute atomic E-state index is 0.306. The van der Waals surface area contributed by atoms with E-state index in [-0.39, 0.29) is 0 Å². The fraction of sp³-hybridized carbons (Fsp3) is 1.00. The van der Waals surface area contributed by atoms with Crippen LogP contribution >= 0.6 is 0 Å². The Hall–Kier alpha value is -0.0800. The zero-order valence-electron chi connectivity index (χ0n) is 10.9. The zero-order chi connectivity index (χ0) is 11.4. The van der Waals surface area contributed by atoms with Crippen molar-refractivity contribution in [1.29, 1.82) is 0 Å². The standard InChI is InChI=1S/C14H27NO/c1-12(2)15-11-7-13-6-10-14(16-13)8-4-3-5-9-14/h12-13,15H,3-11H2,1-2H3. The van der Waals surface area contributed by atoms with Gasteiger partial charge in [-0.25, -0.2) is 0 Å². The molecule has 16 heavy (non-hydrogen) atoms. The van der Waals surface area contributed by atoms with E-state index in [2.05, 4.69) is 19.2 Å². The van der Waals surface area contributed by atoms with Crippen molar-refractivity contribution in [3.8, 4) is 0 Å². The summed E-state index contributed by atoms with van der Waals surface area (Å²) in [6.45, 7) is 5.52. The molecule has 94 valence electrons. The van der Waals surface area contributed by atoms with Gasteiger partial charge in [0.1, 0.15) is 0 Å². The number of nitrogens with one attached hydrogen (secondary N) is 1. The average molecular weight is 225 g/mol. The Morgan fingerprint density at radius 3 is 2.62 bits per heavy atom. The Morgan fingerprint density at radius 1 is 1.19 bits per heavy atom. The molecule has 2 rings (SSSR count). The maximum absolute atomic E-state index is 6.33. The van der Waals surface area contributed by atoms with E-state index in [1.54, 1.807) is 0 Å². The molecule has 1 N–H and O–H groups in total. The lowest BCUT2D eigenvalue weighted by Gasteiger charge is -2.33. The minimum atomic E-state index is 0.306. The summed E-state index contributed by atoms with van der Waals surface area (Å²) in [6, 6.07) is 0.602. The Labute approximate surface area is 100 Å². The lowest BCUT2D eigenvalue weighted by atomic mass is 9.83. The topological polar surface area (TPSA) is 21.3 Å². The molecule has 0 amide bonds. The molecule has 1 unspecified atom stereocenters. The highest BCUT2D eigenvalue weighted by Gasteiger charge is 2.40. The number of rotatable bonds is 4. The highest BCUT2D eigenvalue weighted by Crippen LogP contribution is 2.42. The Bertz CT molecular complexity index is 209. The molecule has 2 aliphatic rings. The summed E-state index contributed by atoms with van der Waals surface area (Å²) in [7, 11) is 0. The zero-order valence-corrected chi connectivity index (χ0v) is 10.9. The van der Waals surface area contributed by atoms with Crippen LogP contribution < -0.4 is 5.32 Å². The van der Waals surface area contributed by atoms with Crippen LogP contribution in [0, 0.1) is 0 Å². The van der Waals surface area contributed by atoms with Gasteiger partial charge in [-0.15, -0.1) is 0 Å². The predicted molar refractivity (Wildman–Crippen MR) is 67.7 cm³/mol. The lowest BCUT2D eigenvalue weighted by Crippen LogP contribution is -2.33. The highest BCUT2D eigenvalue weighted by atomic mass is 16.5. The van der Waals surface area contributed by atoms with Crippen molar-refractivity contribution in [3.05, 3.63) is 0 Å². The maximum Gasteiger partial charge on any atom is 0.0687 e. The highest BCUT2D eigenvalue weighted by molar-refractivity contribution is 4.91. The normalized spacial score (nSPS) is 29.1. The Morgan fingerprint density at radius 2 is 1.94 bits per heavy atom. The van der Waals surface area contributed by atoms with Gasteiger partial charge in [-0.3, -0.25) is 0 Å². The van der Waals surface area contributed by atoms with Crippen LogP contribution in [-0.4, -0.2) is 24.3 Å². The Balaban J connectivity index is 1.70. The molecule has 1 saturated carbocycles. The molecule has 0 aromatic carbocycles. The smallest absolute Gasteiger partial charge is 0.0687 e. The fourth-order valence-electron chi connectivity index (χ4n) is 3.20. The minimum Gasteiger partial charge on any atom is -0.372 e. The van der Waals surface area contributed by atoms with Gasteiger partial charge in [0.15, 0.2) is 0 Å². The van der Waals surface area contributed by atoms with E-state index in [0.717, 1.165) is 6.54 Å². The third kappa shape index (κ3) is 3.21. The number of hydrogen-bond acceptors (Lipinski definition) is 2. The van der Waals surface area contributed by atoms with E-state index in [4.69, 9.17) is 4.74 Å².